The molecule has 4 rings (SSSR count). The summed E-state index contributed by atoms with van der Waals surface area (Å²) in [4.78, 5) is 27.5. The Kier molecular flexibility index (Phi) is 3.58. The van der Waals surface area contributed by atoms with Crippen LogP contribution in [0.5, 0.6) is 0 Å². The highest BCUT2D eigenvalue weighted by Gasteiger charge is 2.29. The molecule has 2 aliphatic rings. The summed E-state index contributed by atoms with van der Waals surface area (Å²) in [5.41, 5.74) is 3.74. The minimum atomic E-state index is -0.0649. The number of rotatable bonds is 1. The topological polar surface area (TPSA) is 65.1 Å². The molecule has 0 saturated carbocycles. The van der Waals surface area contributed by atoms with Gasteiger partial charge in [-0.25, -0.2) is 4.79 Å². The van der Waals surface area contributed by atoms with E-state index in [9.17, 15) is 9.59 Å². The van der Waals surface area contributed by atoms with Crippen molar-refractivity contribution in [2.24, 2.45) is 14.1 Å². The molecule has 0 radical (unpaired) electrons. The number of hydrogen-bond donors (Lipinski definition) is 0. The molecular weight excluding hydrogens is 306 g/mol. The first kappa shape index (κ1) is 15.2. The van der Waals surface area contributed by atoms with Crippen LogP contribution in [0.1, 0.15) is 46.7 Å². The van der Waals surface area contributed by atoms with Gasteiger partial charge in [0.25, 0.3) is 5.91 Å². The molecule has 2 aromatic rings. The number of imidazole rings is 1. The molecular formula is C17H23N5O2. The Balaban J connectivity index is 1.71. The molecule has 0 fully saturated rings. The van der Waals surface area contributed by atoms with Crippen LogP contribution in [-0.2, 0) is 40.0 Å². The van der Waals surface area contributed by atoms with Crippen molar-refractivity contribution in [3.05, 3.63) is 39.3 Å². The first-order valence-corrected chi connectivity index (χ1v) is 8.65. The van der Waals surface area contributed by atoms with E-state index in [1.807, 2.05) is 22.8 Å². The molecule has 4 heterocycles. The summed E-state index contributed by atoms with van der Waals surface area (Å²) < 4.78 is 5.22. The van der Waals surface area contributed by atoms with Gasteiger partial charge in [-0.1, -0.05) is 0 Å². The molecule has 128 valence electrons. The van der Waals surface area contributed by atoms with Crippen molar-refractivity contribution >= 4 is 5.91 Å². The van der Waals surface area contributed by atoms with E-state index in [4.69, 9.17) is 0 Å². The molecule has 0 unspecified atom stereocenters. The summed E-state index contributed by atoms with van der Waals surface area (Å²) in [6.45, 7) is 2.01. The van der Waals surface area contributed by atoms with Crippen LogP contribution in [0.15, 0.2) is 11.0 Å². The van der Waals surface area contributed by atoms with Crippen molar-refractivity contribution < 1.29 is 4.79 Å². The van der Waals surface area contributed by atoms with Crippen LogP contribution in [0.4, 0.5) is 0 Å². The van der Waals surface area contributed by atoms with Gasteiger partial charge in [0.2, 0.25) is 0 Å². The minimum Gasteiger partial charge on any atom is -0.333 e. The van der Waals surface area contributed by atoms with E-state index < -0.39 is 0 Å². The lowest BCUT2D eigenvalue weighted by Gasteiger charge is -2.22. The Hall–Kier alpha value is -2.31. The summed E-state index contributed by atoms with van der Waals surface area (Å²) in [5.74, 6) is -0.0260. The van der Waals surface area contributed by atoms with E-state index in [0.29, 0.717) is 18.8 Å². The van der Waals surface area contributed by atoms with Gasteiger partial charge in [0.05, 0.1) is 11.9 Å². The predicted molar refractivity (Wildman–Crippen MR) is 88.9 cm³/mol. The van der Waals surface area contributed by atoms with E-state index in [2.05, 4.69) is 5.10 Å². The third kappa shape index (κ3) is 2.22. The molecule has 0 aliphatic carbocycles. The number of nitrogens with zero attached hydrogens (tertiary/aromatic N) is 5. The van der Waals surface area contributed by atoms with Crippen molar-refractivity contribution in [1.82, 2.24) is 23.8 Å². The highest BCUT2D eigenvalue weighted by molar-refractivity contribution is 5.94. The number of amides is 1. The van der Waals surface area contributed by atoms with Crippen LogP contribution in [0.2, 0.25) is 0 Å². The number of aromatic nitrogens is 4. The lowest BCUT2D eigenvalue weighted by molar-refractivity contribution is 0.0734. The number of carbonyl (C=O) groups is 1. The van der Waals surface area contributed by atoms with E-state index in [1.165, 1.54) is 10.3 Å². The molecule has 0 saturated heterocycles. The second kappa shape index (κ2) is 5.65. The average molecular weight is 329 g/mol. The molecule has 0 bridgehead atoms. The lowest BCUT2D eigenvalue weighted by Crippen LogP contribution is -2.33. The SMILES string of the molecule is Cn1ncc2c1CCCN(C(=O)c1c3n(c(=O)n1C)CCCC3)C2. The summed E-state index contributed by atoms with van der Waals surface area (Å²) in [7, 11) is 3.67. The zero-order chi connectivity index (χ0) is 16.8. The molecule has 7 heteroatoms. The Labute approximate surface area is 140 Å². The molecule has 24 heavy (non-hydrogen) atoms. The van der Waals surface area contributed by atoms with Gasteiger partial charge in [0.1, 0.15) is 5.69 Å². The number of hydrogen-bond acceptors (Lipinski definition) is 3. The van der Waals surface area contributed by atoms with Crippen molar-refractivity contribution in [3.8, 4) is 0 Å². The maximum absolute atomic E-state index is 13.2. The maximum atomic E-state index is 13.2. The molecule has 2 aromatic heterocycles. The summed E-state index contributed by atoms with van der Waals surface area (Å²) in [6, 6.07) is 0. The summed E-state index contributed by atoms with van der Waals surface area (Å²) >= 11 is 0. The fraction of sp³-hybridized carbons (Fsp3) is 0.588. The Bertz CT molecular complexity index is 857. The highest BCUT2D eigenvalue weighted by atomic mass is 16.2. The smallest absolute Gasteiger partial charge is 0.328 e. The van der Waals surface area contributed by atoms with Crippen molar-refractivity contribution in [1.29, 1.82) is 0 Å². The van der Waals surface area contributed by atoms with Crippen molar-refractivity contribution in [3.63, 3.8) is 0 Å². The van der Waals surface area contributed by atoms with Crippen LogP contribution in [0, 0.1) is 0 Å². The third-order valence-electron chi connectivity index (χ3n) is 5.34. The van der Waals surface area contributed by atoms with E-state index in [1.54, 1.807) is 11.6 Å². The molecule has 0 atom stereocenters. The van der Waals surface area contributed by atoms with Crippen LogP contribution in [-0.4, -0.2) is 36.3 Å². The quantitative estimate of drug-likeness (QED) is 0.779. The molecule has 0 spiro atoms. The predicted octanol–water partition coefficient (Wildman–Crippen LogP) is 0.845. The summed E-state index contributed by atoms with van der Waals surface area (Å²) in [5, 5.41) is 4.32. The van der Waals surface area contributed by atoms with Gasteiger partial charge in [-0.3, -0.25) is 18.6 Å². The fourth-order valence-electron chi connectivity index (χ4n) is 4.03. The standard InChI is InChI=1S/C17H23N5O2/c1-19-15(14-6-3-4-9-22(14)17(19)24)16(23)21-8-5-7-13-12(11-21)10-18-20(13)2/h10H,3-9,11H2,1-2H3. The minimum absolute atomic E-state index is 0.0260. The molecule has 0 N–H and O–H groups in total. The van der Waals surface area contributed by atoms with E-state index in [-0.39, 0.29) is 11.6 Å². The largest absolute Gasteiger partial charge is 0.333 e. The summed E-state index contributed by atoms with van der Waals surface area (Å²) in [6.07, 6.45) is 6.56. The van der Waals surface area contributed by atoms with Gasteiger partial charge >= 0.3 is 5.69 Å². The average Bonchev–Trinajstić information content (AvgIpc) is 2.95. The first-order valence-electron chi connectivity index (χ1n) is 8.65. The van der Waals surface area contributed by atoms with Crippen LogP contribution >= 0.6 is 0 Å². The third-order valence-corrected chi connectivity index (χ3v) is 5.34. The van der Waals surface area contributed by atoms with Gasteiger partial charge in [0, 0.05) is 45.0 Å². The molecule has 0 aromatic carbocycles. The van der Waals surface area contributed by atoms with Crippen molar-refractivity contribution in [2.45, 2.75) is 45.2 Å². The monoisotopic (exact) mass is 329 g/mol. The van der Waals surface area contributed by atoms with Gasteiger partial charge in [-0.2, -0.15) is 5.10 Å². The molecule has 2 aliphatic heterocycles. The number of fused-ring (bicyclic) bond motifs is 2. The van der Waals surface area contributed by atoms with Gasteiger partial charge < -0.3 is 4.90 Å². The lowest BCUT2D eigenvalue weighted by atomic mass is 10.1. The van der Waals surface area contributed by atoms with E-state index >= 15 is 0 Å². The number of carbonyl (C=O) groups excluding carboxylic acids is 1. The van der Waals surface area contributed by atoms with Crippen molar-refractivity contribution in [2.75, 3.05) is 6.54 Å². The van der Waals surface area contributed by atoms with Crippen LogP contribution < -0.4 is 5.69 Å². The first-order chi connectivity index (χ1) is 11.6. The normalized spacial score (nSPS) is 17.3. The zero-order valence-corrected chi connectivity index (χ0v) is 14.3. The van der Waals surface area contributed by atoms with Gasteiger partial charge in [-0.15, -0.1) is 0 Å². The zero-order valence-electron chi connectivity index (χ0n) is 14.3. The fourth-order valence-corrected chi connectivity index (χ4v) is 4.03. The molecule has 1 amide bonds. The second-order valence-electron chi connectivity index (χ2n) is 6.82. The number of aryl methyl sites for hydroxylation is 1. The van der Waals surface area contributed by atoms with Gasteiger partial charge in [-0.05, 0) is 32.1 Å². The van der Waals surface area contributed by atoms with Gasteiger partial charge in [0.15, 0.2) is 0 Å². The molecule has 7 nitrogen and oxygen atoms in total. The Morgan fingerprint density at radius 2 is 1.88 bits per heavy atom. The van der Waals surface area contributed by atoms with Crippen LogP contribution in [0.25, 0.3) is 0 Å². The maximum Gasteiger partial charge on any atom is 0.328 e. The van der Waals surface area contributed by atoms with Crippen LogP contribution in [0.3, 0.4) is 0 Å². The second-order valence-corrected chi connectivity index (χ2v) is 6.82. The Morgan fingerprint density at radius 1 is 1.08 bits per heavy atom. The highest BCUT2D eigenvalue weighted by Crippen LogP contribution is 2.22. The Morgan fingerprint density at radius 3 is 2.71 bits per heavy atom. The van der Waals surface area contributed by atoms with E-state index in [0.717, 1.165) is 49.9 Å².